The van der Waals surface area contributed by atoms with Crippen molar-refractivity contribution >= 4 is 17.5 Å². The average molecular weight is 415 g/mol. The molecule has 1 aliphatic rings. The van der Waals surface area contributed by atoms with E-state index in [0.29, 0.717) is 18.2 Å². The molecule has 7 nitrogen and oxygen atoms in total. The number of rotatable bonds is 6. The molecule has 0 aliphatic carbocycles. The predicted octanol–water partition coefficient (Wildman–Crippen LogP) is 4.11. The number of carbonyl (C=O) groups is 1. The zero-order valence-corrected chi connectivity index (χ0v) is 17.2. The Morgan fingerprint density at radius 2 is 1.87 bits per heavy atom. The summed E-state index contributed by atoms with van der Waals surface area (Å²) in [7, 11) is 0. The van der Waals surface area contributed by atoms with Crippen molar-refractivity contribution in [2.24, 2.45) is 0 Å². The first-order chi connectivity index (χ1) is 15.1. The van der Waals surface area contributed by atoms with Crippen LogP contribution in [0.2, 0.25) is 0 Å². The second-order valence-corrected chi connectivity index (χ2v) is 7.39. The predicted molar refractivity (Wildman–Crippen MR) is 122 cm³/mol. The maximum Gasteiger partial charge on any atom is 0.246 e. The third-order valence-electron chi connectivity index (χ3n) is 5.25. The molecule has 3 aromatic rings. The number of ether oxygens (including phenoxy) is 1. The third kappa shape index (κ3) is 4.83. The molecule has 2 heterocycles. The zero-order valence-electron chi connectivity index (χ0n) is 17.2. The summed E-state index contributed by atoms with van der Waals surface area (Å²) in [5.74, 6) is 2.50. The summed E-state index contributed by atoms with van der Waals surface area (Å²) < 4.78 is 5.87. The third-order valence-corrected chi connectivity index (χ3v) is 5.25. The molecular formula is C24H25N5O2. The van der Waals surface area contributed by atoms with Crippen molar-refractivity contribution in [2.75, 3.05) is 24.1 Å². The lowest BCUT2D eigenvalue weighted by Gasteiger charge is -2.33. The molecule has 7 heteroatoms. The van der Waals surface area contributed by atoms with E-state index in [4.69, 9.17) is 10.5 Å². The number of carbonyl (C=O) groups excluding carboxylic acids is 1. The van der Waals surface area contributed by atoms with Crippen LogP contribution in [0.3, 0.4) is 0 Å². The van der Waals surface area contributed by atoms with Crippen molar-refractivity contribution < 1.29 is 9.53 Å². The number of likely N-dealkylation sites (tertiary alicyclic amines) is 1. The summed E-state index contributed by atoms with van der Waals surface area (Å²) in [6.07, 6.45) is 4.66. The molecule has 1 saturated heterocycles. The first-order valence-corrected chi connectivity index (χ1v) is 10.3. The first kappa shape index (κ1) is 20.4. The summed E-state index contributed by atoms with van der Waals surface area (Å²) in [4.78, 5) is 22.4. The van der Waals surface area contributed by atoms with Crippen LogP contribution in [-0.2, 0) is 4.79 Å². The van der Waals surface area contributed by atoms with Gasteiger partial charge in [-0.2, -0.15) is 0 Å². The summed E-state index contributed by atoms with van der Waals surface area (Å²) in [6, 6.07) is 17.4. The van der Waals surface area contributed by atoms with Gasteiger partial charge in [-0.05, 0) is 48.7 Å². The van der Waals surface area contributed by atoms with Crippen LogP contribution in [0.15, 0.2) is 73.6 Å². The number of nitrogens with one attached hydrogen (secondary N) is 1. The van der Waals surface area contributed by atoms with Gasteiger partial charge in [0.15, 0.2) is 0 Å². The highest BCUT2D eigenvalue weighted by molar-refractivity contribution is 5.87. The molecule has 158 valence electrons. The second kappa shape index (κ2) is 9.30. The van der Waals surface area contributed by atoms with Crippen LogP contribution < -0.4 is 15.8 Å². The van der Waals surface area contributed by atoms with E-state index in [1.165, 1.54) is 12.4 Å². The van der Waals surface area contributed by atoms with Crippen LogP contribution in [0.1, 0.15) is 12.8 Å². The SMILES string of the molecule is C=CC(=O)N1CCCC(Nc2ncnc(N)c2-c2ccc(Oc3ccccc3)cc2)C1. The van der Waals surface area contributed by atoms with Gasteiger partial charge in [0, 0.05) is 19.1 Å². The molecule has 3 N–H and O–H groups in total. The Morgan fingerprint density at radius 3 is 2.61 bits per heavy atom. The van der Waals surface area contributed by atoms with Crippen molar-refractivity contribution in [3.05, 3.63) is 73.6 Å². The van der Waals surface area contributed by atoms with E-state index < -0.39 is 0 Å². The lowest BCUT2D eigenvalue weighted by molar-refractivity contribution is -0.127. The molecule has 1 amide bonds. The van der Waals surface area contributed by atoms with Crippen molar-refractivity contribution in [3.8, 4) is 22.6 Å². The molecule has 31 heavy (non-hydrogen) atoms. The monoisotopic (exact) mass is 415 g/mol. The number of aromatic nitrogens is 2. The van der Waals surface area contributed by atoms with E-state index in [2.05, 4.69) is 21.9 Å². The van der Waals surface area contributed by atoms with Gasteiger partial charge in [-0.15, -0.1) is 0 Å². The highest BCUT2D eigenvalue weighted by atomic mass is 16.5. The van der Waals surface area contributed by atoms with Gasteiger partial charge in [-0.25, -0.2) is 9.97 Å². The second-order valence-electron chi connectivity index (χ2n) is 7.39. The van der Waals surface area contributed by atoms with Gasteiger partial charge >= 0.3 is 0 Å². The van der Waals surface area contributed by atoms with E-state index in [1.807, 2.05) is 54.6 Å². The van der Waals surface area contributed by atoms with Crippen LogP contribution in [0, 0.1) is 0 Å². The molecule has 4 rings (SSSR count). The van der Waals surface area contributed by atoms with E-state index in [0.717, 1.165) is 42.0 Å². The maximum absolute atomic E-state index is 12.0. The molecule has 1 unspecified atom stereocenters. The number of para-hydroxylation sites is 1. The topological polar surface area (TPSA) is 93.4 Å². The molecule has 0 spiro atoms. The quantitative estimate of drug-likeness (QED) is 0.589. The number of nitrogens with two attached hydrogens (primary N) is 1. The Hall–Kier alpha value is -3.87. The highest BCUT2D eigenvalue weighted by Gasteiger charge is 2.24. The lowest BCUT2D eigenvalue weighted by Crippen LogP contribution is -2.44. The van der Waals surface area contributed by atoms with E-state index in [1.54, 1.807) is 4.90 Å². The highest BCUT2D eigenvalue weighted by Crippen LogP contribution is 2.33. The number of nitrogen functional groups attached to an aromatic ring is 1. The van der Waals surface area contributed by atoms with Crippen molar-refractivity contribution in [1.29, 1.82) is 0 Å². The van der Waals surface area contributed by atoms with Gasteiger partial charge in [-0.1, -0.05) is 36.9 Å². The Labute approximate surface area is 181 Å². The average Bonchev–Trinajstić information content (AvgIpc) is 2.80. The van der Waals surface area contributed by atoms with Gasteiger partial charge in [0.2, 0.25) is 5.91 Å². The summed E-state index contributed by atoms with van der Waals surface area (Å²) in [5, 5.41) is 3.46. The van der Waals surface area contributed by atoms with Crippen LogP contribution >= 0.6 is 0 Å². The van der Waals surface area contributed by atoms with Crippen molar-refractivity contribution in [1.82, 2.24) is 14.9 Å². The van der Waals surface area contributed by atoms with Gasteiger partial charge in [-0.3, -0.25) is 4.79 Å². The number of amides is 1. The smallest absolute Gasteiger partial charge is 0.246 e. The van der Waals surface area contributed by atoms with Crippen LogP contribution in [0.25, 0.3) is 11.1 Å². The molecule has 0 bridgehead atoms. The Bertz CT molecular complexity index is 1050. The minimum Gasteiger partial charge on any atom is -0.457 e. The fourth-order valence-electron chi connectivity index (χ4n) is 3.73. The van der Waals surface area contributed by atoms with Gasteiger partial charge in [0.05, 0.1) is 5.56 Å². The Morgan fingerprint density at radius 1 is 1.13 bits per heavy atom. The number of hydrogen-bond donors (Lipinski definition) is 2. The zero-order chi connectivity index (χ0) is 21.6. The number of nitrogens with zero attached hydrogens (tertiary/aromatic N) is 3. The largest absolute Gasteiger partial charge is 0.457 e. The van der Waals surface area contributed by atoms with Gasteiger partial charge < -0.3 is 20.7 Å². The van der Waals surface area contributed by atoms with Crippen LogP contribution in [0.4, 0.5) is 11.6 Å². The summed E-state index contributed by atoms with van der Waals surface area (Å²) in [6.45, 7) is 4.92. The molecular weight excluding hydrogens is 390 g/mol. The molecule has 2 aromatic carbocycles. The molecule has 1 atom stereocenters. The Balaban J connectivity index is 1.54. The van der Waals surface area contributed by atoms with Crippen molar-refractivity contribution in [2.45, 2.75) is 18.9 Å². The number of piperidine rings is 1. The molecule has 1 fully saturated rings. The minimum atomic E-state index is -0.0528. The molecule has 1 aliphatic heterocycles. The first-order valence-electron chi connectivity index (χ1n) is 10.3. The standard InChI is InChI=1S/C24H25N5O2/c1-2-21(30)29-14-6-7-18(15-29)28-24-22(23(25)26-16-27-24)17-10-12-20(13-11-17)31-19-8-4-3-5-9-19/h2-5,8-13,16,18H,1,6-7,14-15H2,(H3,25,26,27,28). The van der Waals surface area contributed by atoms with E-state index in [9.17, 15) is 4.79 Å². The molecule has 0 radical (unpaired) electrons. The number of hydrogen-bond acceptors (Lipinski definition) is 6. The fraction of sp³-hybridized carbons (Fsp3) is 0.208. The van der Waals surface area contributed by atoms with Crippen molar-refractivity contribution in [3.63, 3.8) is 0 Å². The van der Waals surface area contributed by atoms with E-state index >= 15 is 0 Å². The molecule has 0 saturated carbocycles. The Kier molecular flexibility index (Phi) is 6.12. The lowest BCUT2D eigenvalue weighted by atomic mass is 10.0. The summed E-state index contributed by atoms with van der Waals surface area (Å²) >= 11 is 0. The van der Waals surface area contributed by atoms with Gasteiger partial charge in [0.25, 0.3) is 0 Å². The van der Waals surface area contributed by atoms with Crippen LogP contribution in [0.5, 0.6) is 11.5 Å². The summed E-state index contributed by atoms with van der Waals surface area (Å²) in [5.41, 5.74) is 7.84. The van der Waals surface area contributed by atoms with Crippen LogP contribution in [-0.4, -0.2) is 39.9 Å². The normalized spacial score (nSPS) is 15.9. The number of anilines is 2. The number of benzene rings is 2. The minimum absolute atomic E-state index is 0.0528. The fourth-order valence-corrected chi connectivity index (χ4v) is 3.73. The van der Waals surface area contributed by atoms with Gasteiger partial charge in [0.1, 0.15) is 29.5 Å². The maximum atomic E-state index is 12.0. The molecule has 1 aromatic heterocycles. The van der Waals surface area contributed by atoms with E-state index in [-0.39, 0.29) is 11.9 Å².